The van der Waals surface area contributed by atoms with Crippen LogP contribution in [-0.4, -0.2) is 22.4 Å². The SMILES string of the molecule is CCc1ccc(Nc2cc(C(=O)N3CCCc4ccccc43)nc(C)n2)cc1. The van der Waals surface area contributed by atoms with Crippen molar-refractivity contribution in [1.82, 2.24) is 9.97 Å². The number of hydrogen-bond donors (Lipinski definition) is 1. The van der Waals surface area contributed by atoms with Crippen LogP contribution in [0.2, 0.25) is 0 Å². The van der Waals surface area contributed by atoms with E-state index in [0.717, 1.165) is 30.6 Å². The Labute approximate surface area is 165 Å². The predicted octanol–water partition coefficient (Wildman–Crippen LogP) is 4.68. The Kier molecular flexibility index (Phi) is 5.06. The lowest BCUT2D eigenvalue weighted by molar-refractivity contribution is 0.0980. The van der Waals surface area contributed by atoms with E-state index in [9.17, 15) is 4.79 Å². The van der Waals surface area contributed by atoms with E-state index in [2.05, 4.69) is 40.4 Å². The number of aromatic nitrogens is 2. The van der Waals surface area contributed by atoms with Gasteiger partial charge in [-0.3, -0.25) is 4.79 Å². The molecule has 28 heavy (non-hydrogen) atoms. The highest BCUT2D eigenvalue weighted by Gasteiger charge is 2.24. The lowest BCUT2D eigenvalue weighted by atomic mass is 10.0. The number of carbonyl (C=O) groups excluding carboxylic acids is 1. The molecule has 0 radical (unpaired) electrons. The summed E-state index contributed by atoms with van der Waals surface area (Å²) in [5.74, 6) is 1.12. The van der Waals surface area contributed by atoms with E-state index >= 15 is 0 Å². The molecule has 0 saturated carbocycles. The van der Waals surface area contributed by atoms with Gasteiger partial charge in [-0.1, -0.05) is 37.3 Å². The Morgan fingerprint density at radius 3 is 2.68 bits per heavy atom. The van der Waals surface area contributed by atoms with Gasteiger partial charge in [0.15, 0.2) is 0 Å². The maximum Gasteiger partial charge on any atom is 0.277 e. The van der Waals surface area contributed by atoms with Crippen molar-refractivity contribution < 1.29 is 4.79 Å². The first-order valence-corrected chi connectivity index (χ1v) is 9.75. The molecule has 142 valence electrons. The Balaban J connectivity index is 1.61. The van der Waals surface area contributed by atoms with Crippen LogP contribution < -0.4 is 10.2 Å². The van der Waals surface area contributed by atoms with Crippen LogP contribution in [0.3, 0.4) is 0 Å². The normalized spacial score (nSPS) is 13.1. The molecule has 0 atom stereocenters. The minimum atomic E-state index is -0.0815. The first-order chi connectivity index (χ1) is 13.6. The van der Waals surface area contributed by atoms with Crippen molar-refractivity contribution in [2.45, 2.75) is 33.1 Å². The van der Waals surface area contributed by atoms with Gasteiger partial charge in [-0.05, 0) is 55.5 Å². The number of para-hydroxylation sites is 1. The van der Waals surface area contributed by atoms with Crippen LogP contribution in [0.25, 0.3) is 0 Å². The molecule has 0 bridgehead atoms. The number of nitrogens with one attached hydrogen (secondary N) is 1. The van der Waals surface area contributed by atoms with Crippen LogP contribution in [0.1, 0.15) is 40.8 Å². The molecule has 2 aromatic carbocycles. The second-order valence-corrected chi connectivity index (χ2v) is 7.05. The van der Waals surface area contributed by atoms with Gasteiger partial charge in [0.2, 0.25) is 0 Å². The molecular weight excluding hydrogens is 348 g/mol. The van der Waals surface area contributed by atoms with Crippen molar-refractivity contribution in [1.29, 1.82) is 0 Å². The zero-order valence-electron chi connectivity index (χ0n) is 16.3. The maximum absolute atomic E-state index is 13.2. The van der Waals surface area contributed by atoms with E-state index in [1.165, 1.54) is 11.1 Å². The van der Waals surface area contributed by atoms with Crippen LogP contribution >= 0.6 is 0 Å². The van der Waals surface area contributed by atoms with E-state index in [-0.39, 0.29) is 5.91 Å². The van der Waals surface area contributed by atoms with Gasteiger partial charge in [0.1, 0.15) is 17.3 Å². The van der Waals surface area contributed by atoms with Crippen molar-refractivity contribution in [2.24, 2.45) is 0 Å². The Hall–Kier alpha value is -3.21. The van der Waals surface area contributed by atoms with Crippen LogP contribution in [0.4, 0.5) is 17.2 Å². The van der Waals surface area contributed by atoms with Gasteiger partial charge in [0, 0.05) is 24.0 Å². The van der Waals surface area contributed by atoms with Crippen LogP contribution in [0.5, 0.6) is 0 Å². The molecule has 5 nitrogen and oxygen atoms in total. The highest BCUT2D eigenvalue weighted by Crippen LogP contribution is 2.28. The summed E-state index contributed by atoms with van der Waals surface area (Å²) in [7, 11) is 0. The van der Waals surface area contributed by atoms with Crippen LogP contribution in [0, 0.1) is 6.92 Å². The van der Waals surface area contributed by atoms with Crippen LogP contribution in [0.15, 0.2) is 54.6 Å². The molecule has 0 spiro atoms. The zero-order chi connectivity index (χ0) is 19.5. The number of aryl methyl sites for hydroxylation is 3. The van der Waals surface area contributed by atoms with E-state index in [0.29, 0.717) is 23.9 Å². The first kappa shape index (κ1) is 18.2. The van der Waals surface area contributed by atoms with Gasteiger partial charge in [0.25, 0.3) is 5.91 Å². The van der Waals surface area contributed by atoms with Gasteiger partial charge in [-0.15, -0.1) is 0 Å². The summed E-state index contributed by atoms with van der Waals surface area (Å²) in [6, 6.07) is 18.1. The number of rotatable bonds is 4. The van der Waals surface area contributed by atoms with Crippen molar-refractivity contribution >= 4 is 23.1 Å². The monoisotopic (exact) mass is 372 g/mol. The van der Waals surface area contributed by atoms with Gasteiger partial charge < -0.3 is 10.2 Å². The molecule has 1 amide bonds. The van der Waals surface area contributed by atoms with Gasteiger partial charge in [-0.2, -0.15) is 0 Å². The Morgan fingerprint density at radius 2 is 1.89 bits per heavy atom. The topological polar surface area (TPSA) is 58.1 Å². The standard InChI is InChI=1S/C23H24N4O/c1-3-17-10-12-19(13-11-17)26-22-15-20(24-16(2)25-22)23(28)27-14-6-8-18-7-4-5-9-21(18)27/h4-5,7,9-13,15H,3,6,8,14H2,1-2H3,(H,24,25,26). The molecule has 1 aromatic heterocycles. The van der Waals surface area contributed by atoms with Crippen molar-refractivity contribution in [3.8, 4) is 0 Å². The van der Waals surface area contributed by atoms with E-state index in [4.69, 9.17) is 0 Å². The molecule has 3 aromatic rings. The second kappa shape index (κ2) is 7.80. The summed E-state index contributed by atoms with van der Waals surface area (Å²) in [5, 5.41) is 3.29. The van der Waals surface area contributed by atoms with Gasteiger partial charge in [0.05, 0.1) is 0 Å². The smallest absolute Gasteiger partial charge is 0.277 e. The Morgan fingerprint density at radius 1 is 1.11 bits per heavy atom. The minimum Gasteiger partial charge on any atom is -0.340 e. The average molecular weight is 372 g/mol. The number of benzene rings is 2. The molecule has 1 aliphatic rings. The number of carbonyl (C=O) groups is 1. The van der Waals surface area contributed by atoms with E-state index in [1.54, 1.807) is 6.07 Å². The van der Waals surface area contributed by atoms with Crippen molar-refractivity contribution in [3.05, 3.63) is 77.2 Å². The average Bonchev–Trinajstić information content (AvgIpc) is 2.73. The summed E-state index contributed by atoms with van der Waals surface area (Å²) in [6.07, 6.45) is 2.97. The first-order valence-electron chi connectivity index (χ1n) is 9.75. The molecule has 0 saturated heterocycles. The van der Waals surface area contributed by atoms with Crippen molar-refractivity contribution in [3.63, 3.8) is 0 Å². The third-order valence-corrected chi connectivity index (χ3v) is 5.05. The number of anilines is 3. The number of amides is 1. The third kappa shape index (κ3) is 3.74. The maximum atomic E-state index is 13.2. The number of nitrogens with zero attached hydrogens (tertiary/aromatic N) is 3. The minimum absolute atomic E-state index is 0.0815. The summed E-state index contributed by atoms with van der Waals surface area (Å²) in [6.45, 7) is 4.65. The molecule has 0 aliphatic carbocycles. The summed E-state index contributed by atoms with van der Waals surface area (Å²) in [4.78, 5) is 23.9. The third-order valence-electron chi connectivity index (χ3n) is 5.05. The highest BCUT2D eigenvalue weighted by atomic mass is 16.2. The van der Waals surface area contributed by atoms with Gasteiger partial charge in [-0.25, -0.2) is 9.97 Å². The quantitative estimate of drug-likeness (QED) is 0.722. The fraction of sp³-hybridized carbons (Fsp3) is 0.261. The Bertz CT molecular complexity index is 998. The fourth-order valence-electron chi connectivity index (χ4n) is 3.60. The summed E-state index contributed by atoms with van der Waals surface area (Å²) in [5.41, 5.74) is 4.83. The number of hydrogen-bond acceptors (Lipinski definition) is 4. The molecule has 1 N–H and O–H groups in total. The van der Waals surface area contributed by atoms with Gasteiger partial charge >= 0.3 is 0 Å². The summed E-state index contributed by atoms with van der Waals surface area (Å²) >= 11 is 0. The summed E-state index contributed by atoms with van der Waals surface area (Å²) < 4.78 is 0. The zero-order valence-corrected chi connectivity index (χ0v) is 16.3. The molecule has 0 unspecified atom stereocenters. The molecule has 4 rings (SSSR count). The molecule has 1 aliphatic heterocycles. The highest BCUT2D eigenvalue weighted by molar-refractivity contribution is 6.05. The lowest BCUT2D eigenvalue weighted by Gasteiger charge is -2.29. The van der Waals surface area contributed by atoms with Crippen molar-refractivity contribution in [2.75, 3.05) is 16.8 Å². The molecule has 0 fully saturated rings. The van der Waals surface area contributed by atoms with Crippen LogP contribution in [-0.2, 0) is 12.8 Å². The van der Waals surface area contributed by atoms with E-state index < -0.39 is 0 Å². The molecule has 2 heterocycles. The second-order valence-electron chi connectivity index (χ2n) is 7.05. The predicted molar refractivity (Wildman–Crippen MR) is 112 cm³/mol. The largest absolute Gasteiger partial charge is 0.340 e. The fourth-order valence-corrected chi connectivity index (χ4v) is 3.60. The number of fused-ring (bicyclic) bond motifs is 1. The molecule has 5 heteroatoms. The van der Waals surface area contributed by atoms with E-state index in [1.807, 2.05) is 42.2 Å². The lowest BCUT2D eigenvalue weighted by Crippen LogP contribution is -2.36. The molecular formula is C23H24N4O.